The fourth-order valence-corrected chi connectivity index (χ4v) is 1.10. The summed E-state index contributed by atoms with van der Waals surface area (Å²) < 4.78 is 0. The molecule has 62 valence electrons. The monoisotopic (exact) mass is 158 g/mol. The van der Waals surface area contributed by atoms with E-state index in [1.54, 1.807) is 0 Å². The van der Waals surface area contributed by atoms with Crippen LogP contribution in [-0.4, -0.2) is 29.1 Å². The first-order chi connectivity index (χ1) is 5.09. The summed E-state index contributed by atoms with van der Waals surface area (Å²) in [6.07, 6.45) is 0.546. The minimum atomic E-state index is -1.02. The topological polar surface area (TPSA) is 92.4 Å². The number of amides is 1. The molecule has 1 amide bonds. The number of rotatable bonds is 1. The Labute approximate surface area is 63.6 Å². The lowest BCUT2D eigenvalue weighted by Gasteiger charge is -2.24. The summed E-state index contributed by atoms with van der Waals surface area (Å²) in [6.45, 7) is 0. The molecule has 2 atom stereocenters. The molecule has 1 aliphatic rings. The van der Waals surface area contributed by atoms with E-state index >= 15 is 0 Å². The molecule has 0 saturated carbocycles. The molecule has 5 nitrogen and oxygen atoms in total. The molecule has 1 heterocycles. The molecular formula is C6H10N2O3. The summed E-state index contributed by atoms with van der Waals surface area (Å²) in [5.41, 5.74) is 5.43. The van der Waals surface area contributed by atoms with Gasteiger partial charge in [0, 0.05) is 12.5 Å². The number of hydrogen-bond acceptors (Lipinski definition) is 3. The molecule has 1 rings (SSSR count). The lowest BCUT2D eigenvalue weighted by molar-refractivity contribution is -0.143. The van der Waals surface area contributed by atoms with Crippen molar-refractivity contribution in [3.8, 4) is 0 Å². The molecule has 0 radical (unpaired) electrons. The van der Waals surface area contributed by atoms with Crippen molar-refractivity contribution in [2.75, 3.05) is 0 Å². The third kappa shape index (κ3) is 1.91. The van der Waals surface area contributed by atoms with Gasteiger partial charge in [-0.3, -0.25) is 4.79 Å². The second kappa shape index (κ2) is 2.87. The van der Waals surface area contributed by atoms with Crippen LogP contribution in [0.3, 0.4) is 0 Å². The largest absolute Gasteiger partial charge is 0.480 e. The average molecular weight is 158 g/mol. The van der Waals surface area contributed by atoms with Crippen LogP contribution in [0.5, 0.6) is 0 Å². The second-order valence-corrected chi connectivity index (χ2v) is 2.66. The highest BCUT2D eigenvalue weighted by Gasteiger charge is 2.28. The van der Waals surface area contributed by atoms with E-state index in [0.29, 0.717) is 6.42 Å². The summed E-state index contributed by atoms with van der Waals surface area (Å²) in [5.74, 6) is -1.30. The van der Waals surface area contributed by atoms with Crippen LogP contribution in [0.1, 0.15) is 12.8 Å². The van der Waals surface area contributed by atoms with Crippen molar-refractivity contribution < 1.29 is 14.7 Å². The third-order valence-corrected chi connectivity index (χ3v) is 1.62. The quantitative estimate of drug-likeness (QED) is 0.441. The Morgan fingerprint density at radius 2 is 2.36 bits per heavy atom. The van der Waals surface area contributed by atoms with Gasteiger partial charge in [0.25, 0.3) is 0 Å². The summed E-state index contributed by atoms with van der Waals surface area (Å²) >= 11 is 0. The number of carbonyl (C=O) groups is 2. The highest BCUT2D eigenvalue weighted by atomic mass is 16.4. The van der Waals surface area contributed by atoms with Crippen molar-refractivity contribution in [2.45, 2.75) is 24.9 Å². The minimum absolute atomic E-state index is 0.226. The minimum Gasteiger partial charge on any atom is -0.480 e. The Kier molecular flexibility index (Phi) is 2.09. The Bertz CT molecular complexity index is 192. The van der Waals surface area contributed by atoms with Crippen molar-refractivity contribution in [1.82, 2.24) is 5.32 Å². The molecular weight excluding hydrogens is 148 g/mol. The molecule has 0 aromatic heterocycles. The SMILES string of the molecule is N[C@H]1CC(=O)N[C@H](C(=O)O)C1. The zero-order valence-electron chi connectivity index (χ0n) is 5.91. The summed E-state index contributed by atoms with van der Waals surface area (Å²) in [5, 5.41) is 10.8. The normalized spacial score (nSPS) is 31.2. The van der Waals surface area contributed by atoms with Gasteiger partial charge in [0.2, 0.25) is 5.91 Å². The molecule has 0 unspecified atom stereocenters. The number of hydrogen-bond donors (Lipinski definition) is 3. The fraction of sp³-hybridized carbons (Fsp3) is 0.667. The molecule has 1 saturated heterocycles. The third-order valence-electron chi connectivity index (χ3n) is 1.62. The van der Waals surface area contributed by atoms with Crippen LogP contribution in [0.2, 0.25) is 0 Å². The van der Waals surface area contributed by atoms with Crippen molar-refractivity contribution >= 4 is 11.9 Å². The summed E-state index contributed by atoms with van der Waals surface area (Å²) in [6, 6.07) is -1.11. The van der Waals surface area contributed by atoms with E-state index in [2.05, 4.69) is 5.32 Å². The van der Waals surface area contributed by atoms with E-state index in [4.69, 9.17) is 10.8 Å². The number of nitrogens with one attached hydrogen (secondary N) is 1. The Morgan fingerprint density at radius 3 is 2.82 bits per heavy atom. The maximum Gasteiger partial charge on any atom is 0.326 e. The first-order valence-corrected chi connectivity index (χ1v) is 3.37. The Balaban J connectivity index is 2.56. The molecule has 4 N–H and O–H groups in total. The summed E-state index contributed by atoms with van der Waals surface area (Å²) in [4.78, 5) is 21.1. The van der Waals surface area contributed by atoms with Gasteiger partial charge in [-0.25, -0.2) is 4.79 Å². The number of nitrogens with two attached hydrogens (primary N) is 1. The van der Waals surface area contributed by atoms with E-state index in [-0.39, 0.29) is 18.4 Å². The van der Waals surface area contributed by atoms with E-state index < -0.39 is 12.0 Å². The zero-order chi connectivity index (χ0) is 8.43. The Hall–Kier alpha value is -1.10. The molecule has 0 aliphatic carbocycles. The van der Waals surface area contributed by atoms with Crippen LogP contribution in [0.25, 0.3) is 0 Å². The van der Waals surface area contributed by atoms with Crippen LogP contribution >= 0.6 is 0 Å². The maximum absolute atomic E-state index is 10.7. The number of piperidine rings is 1. The lowest BCUT2D eigenvalue weighted by Crippen LogP contribution is -2.50. The van der Waals surface area contributed by atoms with Crippen LogP contribution < -0.4 is 11.1 Å². The van der Waals surface area contributed by atoms with Crippen molar-refractivity contribution in [2.24, 2.45) is 5.73 Å². The van der Waals surface area contributed by atoms with Crippen LogP contribution in [-0.2, 0) is 9.59 Å². The molecule has 0 aromatic carbocycles. The van der Waals surface area contributed by atoms with E-state index in [1.807, 2.05) is 0 Å². The molecule has 1 aliphatic heterocycles. The molecule has 0 bridgehead atoms. The van der Waals surface area contributed by atoms with E-state index in [1.165, 1.54) is 0 Å². The van der Waals surface area contributed by atoms with Gasteiger partial charge in [-0.2, -0.15) is 0 Å². The molecule has 0 aromatic rings. The first kappa shape index (κ1) is 8.00. The van der Waals surface area contributed by atoms with Gasteiger partial charge in [-0.15, -0.1) is 0 Å². The van der Waals surface area contributed by atoms with E-state index in [0.717, 1.165) is 0 Å². The van der Waals surface area contributed by atoms with Gasteiger partial charge in [-0.1, -0.05) is 0 Å². The van der Waals surface area contributed by atoms with Gasteiger partial charge in [0.15, 0.2) is 0 Å². The number of carboxylic acid groups (broad SMARTS) is 1. The van der Waals surface area contributed by atoms with Crippen LogP contribution in [0.4, 0.5) is 0 Å². The standard InChI is InChI=1S/C6H10N2O3/c7-3-1-4(6(10)11)8-5(9)2-3/h3-4H,1-2,7H2,(H,8,9)(H,10,11)/t3-,4+/m1/s1. The van der Waals surface area contributed by atoms with Gasteiger partial charge in [0.1, 0.15) is 6.04 Å². The van der Waals surface area contributed by atoms with Crippen molar-refractivity contribution in [3.63, 3.8) is 0 Å². The first-order valence-electron chi connectivity index (χ1n) is 3.37. The zero-order valence-corrected chi connectivity index (χ0v) is 5.91. The predicted molar refractivity (Wildman–Crippen MR) is 36.8 cm³/mol. The highest BCUT2D eigenvalue weighted by Crippen LogP contribution is 2.06. The molecule has 11 heavy (non-hydrogen) atoms. The molecule has 1 fully saturated rings. The number of carbonyl (C=O) groups excluding carboxylic acids is 1. The molecule has 0 spiro atoms. The molecule has 5 heteroatoms. The fourth-order valence-electron chi connectivity index (χ4n) is 1.10. The van der Waals surface area contributed by atoms with Crippen molar-refractivity contribution in [1.29, 1.82) is 0 Å². The summed E-state index contributed by atoms with van der Waals surface area (Å²) in [7, 11) is 0. The second-order valence-electron chi connectivity index (χ2n) is 2.66. The van der Waals surface area contributed by atoms with Crippen molar-refractivity contribution in [3.05, 3.63) is 0 Å². The average Bonchev–Trinajstić information content (AvgIpc) is 1.85. The van der Waals surface area contributed by atoms with Crippen LogP contribution in [0.15, 0.2) is 0 Å². The van der Waals surface area contributed by atoms with E-state index in [9.17, 15) is 9.59 Å². The van der Waals surface area contributed by atoms with Crippen LogP contribution in [0, 0.1) is 0 Å². The predicted octanol–water partition coefficient (Wildman–Crippen LogP) is -1.32. The number of aliphatic carboxylic acids is 1. The Morgan fingerprint density at radius 1 is 1.73 bits per heavy atom. The van der Waals surface area contributed by atoms with Gasteiger partial charge < -0.3 is 16.2 Å². The highest BCUT2D eigenvalue weighted by molar-refractivity contribution is 5.85. The number of carboxylic acids is 1. The lowest BCUT2D eigenvalue weighted by atomic mass is 10.00. The maximum atomic E-state index is 10.7. The van der Waals surface area contributed by atoms with Gasteiger partial charge in [0.05, 0.1) is 0 Å². The van der Waals surface area contributed by atoms with Gasteiger partial charge >= 0.3 is 5.97 Å². The van der Waals surface area contributed by atoms with Gasteiger partial charge in [-0.05, 0) is 6.42 Å². The smallest absolute Gasteiger partial charge is 0.326 e.